The summed E-state index contributed by atoms with van der Waals surface area (Å²) < 4.78 is 5.58. The van der Waals surface area contributed by atoms with Crippen molar-refractivity contribution in [2.75, 3.05) is 12.4 Å². The molecular weight excluding hydrogens is 248 g/mol. The average Bonchev–Trinajstić information content (AvgIpc) is 2.84. The molecule has 18 heavy (non-hydrogen) atoms. The fourth-order valence-corrected chi connectivity index (χ4v) is 3.00. The molecule has 2 rings (SSSR count). The van der Waals surface area contributed by atoms with E-state index in [1.54, 1.807) is 0 Å². The van der Waals surface area contributed by atoms with Crippen molar-refractivity contribution >= 4 is 17.7 Å². The van der Waals surface area contributed by atoms with Crippen molar-refractivity contribution in [2.24, 2.45) is 0 Å². The molecule has 3 nitrogen and oxygen atoms in total. The van der Waals surface area contributed by atoms with Crippen molar-refractivity contribution in [1.82, 2.24) is 0 Å². The molecule has 1 N–H and O–H groups in total. The molecule has 1 aliphatic heterocycles. The highest BCUT2D eigenvalue weighted by Gasteiger charge is 2.14. The van der Waals surface area contributed by atoms with E-state index in [9.17, 15) is 4.79 Å². The van der Waals surface area contributed by atoms with Gasteiger partial charge >= 0.3 is 5.97 Å². The van der Waals surface area contributed by atoms with Crippen LogP contribution < -0.4 is 0 Å². The van der Waals surface area contributed by atoms with E-state index in [1.807, 2.05) is 36.0 Å². The maximum Gasteiger partial charge on any atom is 0.307 e. The standard InChI is InChI=1S/C14H18O3S/c15-14(16)10-11-3-5-13(6-4-11)18-9-7-12-2-1-8-17-12/h3-6,12H,1-2,7-10H2,(H,15,16). The third-order valence-corrected chi connectivity index (χ3v) is 4.06. The van der Waals surface area contributed by atoms with E-state index in [-0.39, 0.29) is 6.42 Å². The highest BCUT2D eigenvalue weighted by molar-refractivity contribution is 7.99. The van der Waals surface area contributed by atoms with Crippen LogP contribution in [-0.4, -0.2) is 29.5 Å². The summed E-state index contributed by atoms with van der Waals surface area (Å²) in [6, 6.07) is 7.78. The smallest absolute Gasteiger partial charge is 0.307 e. The third kappa shape index (κ3) is 4.35. The summed E-state index contributed by atoms with van der Waals surface area (Å²) in [6.45, 7) is 0.916. The van der Waals surface area contributed by atoms with Crippen LogP contribution in [0.25, 0.3) is 0 Å². The van der Waals surface area contributed by atoms with Crippen molar-refractivity contribution in [1.29, 1.82) is 0 Å². The fraction of sp³-hybridized carbons (Fsp3) is 0.500. The number of aliphatic carboxylic acids is 1. The predicted octanol–water partition coefficient (Wildman–Crippen LogP) is 2.97. The minimum Gasteiger partial charge on any atom is -0.481 e. The molecular formula is C14H18O3S. The van der Waals surface area contributed by atoms with Gasteiger partial charge in [0.2, 0.25) is 0 Å². The molecule has 1 unspecified atom stereocenters. The van der Waals surface area contributed by atoms with Crippen molar-refractivity contribution in [3.05, 3.63) is 29.8 Å². The number of carboxylic acid groups (broad SMARTS) is 1. The third-order valence-electron chi connectivity index (χ3n) is 3.01. The number of rotatable bonds is 6. The minimum absolute atomic E-state index is 0.0981. The van der Waals surface area contributed by atoms with Gasteiger partial charge in [-0.15, -0.1) is 11.8 Å². The van der Waals surface area contributed by atoms with Crippen molar-refractivity contribution in [3.8, 4) is 0 Å². The van der Waals surface area contributed by atoms with Crippen molar-refractivity contribution in [3.63, 3.8) is 0 Å². The number of hydrogen-bond acceptors (Lipinski definition) is 3. The summed E-state index contributed by atoms with van der Waals surface area (Å²) in [5.41, 5.74) is 0.853. The number of carboxylic acids is 1. The lowest BCUT2D eigenvalue weighted by Crippen LogP contribution is -2.05. The van der Waals surface area contributed by atoms with E-state index >= 15 is 0 Å². The Morgan fingerprint density at radius 3 is 2.78 bits per heavy atom. The largest absolute Gasteiger partial charge is 0.481 e. The quantitative estimate of drug-likeness (QED) is 0.804. The van der Waals surface area contributed by atoms with Crippen LogP contribution in [0, 0.1) is 0 Å². The molecule has 0 saturated carbocycles. The number of carbonyl (C=O) groups is 1. The van der Waals surface area contributed by atoms with Gasteiger partial charge in [0.05, 0.1) is 12.5 Å². The number of ether oxygens (including phenoxy) is 1. The number of thioether (sulfide) groups is 1. The fourth-order valence-electron chi connectivity index (χ4n) is 2.06. The second-order valence-corrected chi connectivity index (χ2v) is 5.65. The Balaban J connectivity index is 1.73. The molecule has 0 amide bonds. The zero-order chi connectivity index (χ0) is 12.8. The van der Waals surface area contributed by atoms with Crippen LogP contribution in [0.2, 0.25) is 0 Å². The second kappa shape index (κ2) is 6.81. The first-order chi connectivity index (χ1) is 8.74. The topological polar surface area (TPSA) is 46.5 Å². The zero-order valence-corrected chi connectivity index (χ0v) is 11.1. The Kier molecular flexibility index (Phi) is 5.08. The Morgan fingerprint density at radius 1 is 1.39 bits per heavy atom. The van der Waals surface area contributed by atoms with E-state index in [2.05, 4.69) is 0 Å². The molecule has 1 aromatic rings. The van der Waals surface area contributed by atoms with Gasteiger partial charge < -0.3 is 9.84 Å². The van der Waals surface area contributed by atoms with Crippen LogP contribution >= 0.6 is 11.8 Å². The van der Waals surface area contributed by atoms with Crippen LogP contribution in [0.5, 0.6) is 0 Å². The maximum atomic E-state index is 10.6. The summed E-state index contributed by atoms with van der Waals surface area (Å²) in [5.74, 6) is 0.275. The zero-order valence-electron chi connectivity index (χ0n) is 10.3. The molecule has 4 heteroatoms. The summed E-state index contributed by atoms with van der Waals surface area (Å²) in [6.07, 6.45) is 4.03. The van der Waals surface area contributed by atoms with Gasteiger partial charge in [-0.2, -0.15) is 0 Å². The highest BCUT2D eigenvalue weighted by atomic mass is 32.2. The van der Waals surface area contributed by atoms with Gasteiger partial charge in [-0.05, 0) is 37.0 Å². The van der Waals surface area contributed by atoms with Crippen molar-refractivity contribution < 1.29 is 14.6 Å². The lowest BCUT2D eigenvalue weighted by molar-refractivity contribution is -0.136. The molecule has 0 radical (unpaired) electrons. The molecule has 0 bridgehead atoms. The molecule has 1 fully saturated rings. The SMILES string of the molecule is O=C(O)Cc1ccc(SCCC2CCCO2)cc1. The monoisotopic (exact) mass is 266 g/mol. The molecule has 0 aliphatic carbocycles. The molecule has 1 saturated heterocycles. The molecule has 1 heterocycles. The van der Waals surface area contributed by atoms with Crippen molar-refractivity contribution in [2.45, 2.75) is 36.7 Å². The molecule has 0 spiro atoms. The normalized spacial score (nSPS) is 19.0. The summed E-state index contributed by atoms with van der Waals surface area (Å²) in [4.78, 5) is 11.7. The Morgan fingerprint density at radius 2 is 2.17 bits per heavy atom. The van der Waals surface area contributed by atoms with Gasteiger partial charge in [0.25, 0.3) is 0 Å². The number of benzene rings is 1. The van der Waals surface area contributed by atoms with E-state index in [0.29, 0.717) is 6.10 Å². The Hall–Kier alpha value is -1.00. The Labute approximate surface area is 112 Å². The van der Waals surface area contributed by atoms with E-state index in [0.717, 1.165) is 24.3 Å². The number of hydrogen-bond donors (Lipinski definition) is 1. The van der Waals surface area contributed by atoms with Gasteiger partial charge in [-0.1, -0.05) is 12.1 Å². The first-order valence-corrected chi connectivity index (χ1v) is 7.28. The summed E-state index contributed by atoms with van der Waals surface area (Å²) in [5, 5.41) is 8.68. The average molecular weight is 266 g/mol. The van der Waals surface area contributed by atoms with Gasteiger partial charge in [-0.3, -0.25) is 4.79 Å². The summed E-state index contributed by atoms with van der Waals surface area (Å²) >= 11 is 1.81. The van der Waals surface area contributed by atoms with Gasteiger partial charge in [0, 0.05) is 17.3 Å². The molecule has 0 aromatic heterocycles. The van der Waals surface area contributed by atoms with Crippen LogP contribution in [-0.2, 0) is 16.0 Å². The van der Waals surface area contributed by atoms with Gasteiger partial charge in [0.1, 0.15) is 0 Å². The van der Waals surface area contributed by atoms with Crippen LogP contribution in [0.3, 0.4) is 0 Å². The predicted molar refractivity (Wildman–Crippen MR) is 72.1 cm³/mol. The minimum atomic E-state index is -0.784. The lowest BCUT2D eigenvalue weighted by Gasteiger charge is -2.08. The Bertz CT molecular complexity index is 383. The van der Waals surface area contributed by atoms with E-state index in [1.165, 1.54) is 17.7 Å². The van der Waals surface area contributed by atoms with E-state index < -0.39 is 5.97 Å². The van der Waals surface area contributed by atoms with Gasteiger partial charge in [-0.25, -0.2) is 0 Å². The van der Waals surface area contributed by atoms with Crippen LogP contribution in [0.4, 0.5) is 0 Å². The van der Waals surface area contributed by atoms with Crippen LogP contribution in [0.1, 0.15) is 24.8 Å². The molecule has 98 valence electrons. The molecule has 1 aromatic carbocycles. The highest BCUT2D eigenvalue weighted by Crippen LogP contribution is 2.23. The lowest BCUT2D eigenvalue weighted by atomic mass is 10.2. The first-order valence-electron chi connectivity index (χ1n) is 6.29. The van der Waals surface area contributed by atoms with Gasteiger partial charge in [0.15, 0.2) is 0 Å². The van der Waals surface area contributed by atoms with E-state index in [4.69, 9.17) is 9.84 Å². The molecule has 1 atom stereocenters. The van der Waals surface area contributed by atoms with Crippen LogP contribution in [0.15, 0.2) is 29.2 Å². The first kappa shape index (κ1) is 13.4. The maximum absolute atomic E-state index is 10.6. The molecule has 1 aliphatic rings. The summed E-state index contributed by atoms with van der Waals surface area (Å²) in [7, 11) is 0. The second-order valence-electron chi connectivity index (χ2n) is 4.49.